The second kappa shape index (κ2) is 5.61. The summed E-state index contributed by atoms with van der Waals surface area (Å²) in [5.41, 5.74) is 8.29. The van der Waals surface area contributed by atoms with Gasteiger partial charge in [0.2, 0.25) is 5.91 Å². The molecule has 1 fully saturated rings. The van der Waals surface area contributed by atoms with E-state index < -0.39 is 0 Å². The Balaban J connectivity index is 2.05. The van der Waals surface area contributed by atoms with Gasteiger partial charge in [-0.3, -0.25) is 4.79 Å². The molecular weight excluding hydrogens is 240 g/mol. The lowest BCUT2D eigenvalue weighted by Gasteiger charge is -2.25. The van der Waals surface area contributed by atoms with Crippen molar-refractivity contribution in [2.45, 2.75) is 45.6 Å². The average molecular weight is 262 g/mol. The summed E-state index contributed by atoms with van der Waals surface area (Å²) in [6.07, 6.45) is 3.57. The number of nitrogens with one attached hydrogen (secondary N) is 1. The Bertz CT molecular complexity index is 477. The first-order chi connectivity index (χ1) is 8.97. The number of phenolic OH excluding ortho intramolecular Hbond substituents is 1. The highest BCUT2D eigenvalue weighted by molar-refractivity contribution is 5.93. The number of nitrogens with two attached hydrogens (primary N) is 1. The summed E-state index contributed by atoms with van der Waals surface area (Å²) in [7, 11) is 0. The number of hydrogen-bond donors (Lipinski definition) is 3. The van der Waals surface area contributed by atoms with Crippen LogP contribution in [0.15, 0.2) is 12.1 Å². The van der Waals surface area contributed by atoms with Crippen molar-refractivity contribution in [3.8, 4) is 5.75 Å². The number of rotatable bonds is 2. The van der Waals surface area contributed by atoms with Gasteiger partial charge in [-0.15, -0.1) is 0 Å². The number of aromatic hydroxyl groups is 1. The number of phenols is 1. The van der Waals surface area contributed by atoms with Crippen LogP contribution in [0.25, 0.3) is 0 Å². The topological polar surface area (TPSA) is 75.4 Å². The highest BCUT2D eigenvalue weighted by atomic mass is 16.3. The number of benzene rings is 1. The molecule has 0 aliphatic heterocycles. The number of hydrogen-bond acceptors (Lipinski definition) is 3. The third kappa shape index (κ3) is 3.26. The zero-order valence-electron chi connectivity index (χ0n) is 11.6. The summed E-state index contributed by atoms with van der Waals surface area (Å²) in [4.78, 5) is 12.2. The number of carbonyl (C=O) groups excluding carboxylic acids is 1. The molecule has 4 heteroatoms. The minimum Gasteiger partial charge on any atom is -0.508 e. The van der Waals surface area contributed by atoms with E-state index >= 15 is 0 Å². The Morgan fingerprint density at radius 2 is 1.84 bits per heavy atom. The van der Waals surface area contributed by atoms with E-state index in [0.717, 1.165) is 42.5 Å². The molecule has 1 amide bonds. The van der Waals surface area contributed by atoms with Crippen LogP contribution in [0.5, 0.6) is 5.75 Å². The highest BCUT2D eigenvalue weighted by Gasteiger charge is 2.24. The minimum atomic E-state index is 0.0632. The maximum Gasteiger partial charge on any atom is 0.227 e. The van der Waals surface area contributed by atoms with Crippen molar-refractivity contribution in [2.24, 2.45) is 11.7 Å². The zero-order chi connectivity index (χ0) is 14.0. The van der Waals surface area contributed by atoms with Gasteiger partial charge in [-0.05, 0) is 62.8 Å². The molecule has 0 atom stereocenters. The van der Waals surface area contributed by atoms with Crippen LogP contribution in [0.2, 0.25) is 0 Å². The molecule has 0 saturated heterocycles. The molecule has 2 rings (SSSR count). The van der Waals surface area contributed by atoms with Gasteiger partial charge in [0.05, 0.1) is 0 Å². The predicted octanol–water partition coefficient (Wildman–Crippen LogP) is 2.47. The monoisotopic (exact) mass is 262 g/mol. The summed E-state index contributed by atoms with van der Waals surface area (Å²) in [6.45, 7) is 3.70. The fourth-order valence-electron chi connectivity index (χ4n) is 2.55. The SMILES string of the molecule is Cc1cc(NC(=O)C2CCC(N)CC2)c(C)cc1O. The van der Waals surface area contributed by atoms with E-state index in [2.05, 4.69) is 5.32 Å². The summed E-state index contributed by atoms with van der Waals surface area (Å²) < 4.78 is 0. The third-order valence-electron chi connectivity index (χ3n) is 3.94. The van der Waals surface area contributed by atoms with Crippen molar-refractivity contribution in [3.05, 3.63) is 23.3 Å². The molecule has 0 spiro atoms. The summed E-state index contributed by atoms with van der Waals surface area (Å²) in [5, 5.41) is 12.6. The van der Waals surface area contributed by atoms with Crippen molar-refractivity contribution in [1.29, 1.82) is 0 Å². The van der Waals surface area contributed by atoms with E-state index in [1.807, 2.05) is 19.9 Å². The second-order valence-corrected chi connectivity index (χ2v) is 5.55. The van der Waals surface area contributed by atoms with Gasteiger partial charge < -0.3 is 16.2 Å². The molecule has 19 heavy (non-hydrogen) atoms. The summed E-state index contributed by atoms with van der Waals surface area (Å²) >= 11 is 0. The Kier molecular flexibility index (Phi) is 4.10. The van der Waals surface area contributed by atoms with Gasteiger partial charge in [-0.1, -0.05) is 0 Å². The molecule has 0 radical (unpaired) electrons. The maximum atomic E-state index is 12.2. The van der Waals surface area contributed by atoms with Gasteiger partial charge in [-0.2, -0.15) is 0 Å². The quantitative estimate of drug-likeness (QED) is 0.717. The number of carbonyl (C=O) groups is 1. The molecule has 0 heterocycles. The molecule has 1 aliphatic rings. The van der Waals surface area contributed by atoms with Crippen molar-refractivity contribution in [1.82, 2.24) is 0 Å². The van der Waals surface area contributed by atoms with Crippen LogP contribution in [0, 0.1) is 19.8 Å². The third-order valence-corrected chi connectivity index (χ3v) is 3.94. The van der Waals surface area contributed by atoms with Crippen LogP contribution in [-0.4, -0.2) is 17.1 Å². The first kappa shape index (κ1) is 13.9. The molecule has 0 bridgehead atoms. The Hall–Kier alpha value is -1.55. The highest BCUT2D eigenvalue weighted by Crippen LogP contribution is 2.28. The Labute approximate surface area is 114 Å². The van der Waals surface area contributed by atoms with E-state index in [0.29, 0.717) is 0 Å². The standard InChI is InChI=1S/C15H22N2O2/c1-9-8-14(18)10(2)7-13(9)17-15(19)11-3-5-12(16)6-4-11/h7-8,11-12,18H,3-6,16H2,1-2H3,(H,17,19). The van der Waals surface area contributed by atoms with Gasteiger partial charge in [0.25, 0.3) is 0 Å². The predicted molar refractivity (Wildman–Crippen MR) is 76.1 cm³/mol. The molecule has 1 saturated carbocycles. The lowest BCUT2D eigenvalue weighted by Crippen LogP contribution is -2.32. The van der Waals surface area contributed by atoms with Crippen LogP contribution in [0.1, 0.15) is 36.8 Å². The lowest BCUT2D eigenvalue weighted by atomic mass is 9.86. The van der Waals surface area contributed by atoms with E-state index in [-0.39, 0.29) is 23.6 Å². The molecular formula is C15H22N2O2. The normalized spacial score (nSPS) is 23.1. The smallest absolute Gasteiger partial charge is 0.227 e. The largest absolute Gasteiger partial charge is 0.508 e. The first-order valence-electron chi connectivity index (χ1n) is 6.84. The van der Waals surface area contributed by atoms with E-state index in [1.54, 1.807) is 6.07 Å². The van der Waals surface area contributed by atoms with Gasteiger partial charge in [0.1, 0.15) is 5.75 Å². The summed E-state index contributed by atoms with van der Waals surface area (Å²) in [6, 6.07) is 3.75. The van der Waals surface area contributed by atoms with E-state index in [1.165, 1.54) is 0 Å². The fourth-order valence-corrected chi connectivity index (χ4v) is 2.55. The number of amides is 1. The minimum absolute atomic E-state index is 0.0632. The van der Waals surface area contributed by atoms with E-state index in [9.17, 15) is 9.90 Å². The van der Waals surface area contributed by atoms with Crippen LogP contribution in [-0.2, 0) is 4.79 Å². The number of aryl methyl sites for hydroxylation is 2. The van der Waals surface area contributed by atoms with Crippen molar-refractivity contribution >= 4 is 11.6 Å². The van der Waals surface area contributed by atoms with Crippen molar-refractivity contribution < 1.29 is 9.90 Å². The second-order valence-electron chi connectivity index (χ2n) is 5.55. The lowest BCUT2D eigenvalue weighted by molar-refractivity contribution is -0.120. The van der Waals surface area contributed by atoms with E-state index in [4.69, 9.17) is 5.73 Å². The molecule has 0 aromatic heterocycles. The zero-order valence-corrected chi connectivity index (χ0v) is 11.6. The van der Waals surface area contributed by atoms with Crippen LogP contribution < -0.4 is 11.1 Å². The van der Waals surface area contributed by atoms with Gasteiger partial charge in [0, 0.05) is 17.6 Å². The molecule has 104 valence electrons. The van der Waals surface area contributed by atoms with Gasteiger partial charge in [0.15, 0.2) is 0 Å². The summed E-state index contributed by atoms with van der Waals surface area (Å²) in [5.74, 6) is 0.396. The van der Waals surface area contributed by atoms with Crippen molar-refractivity contribution in [2.75, 3.05) is 5.32 Å². The molecule has 1 aliphatic carbocycles. The molecule has 4 nitrogen and oxygen atoms in total. The average Bonchev–Trinajstić information content (AvgIpc) is 2.36. The van der Waals surface area contributed by atoms with Crippen LogP contribution in [0.3, 0.4) is 0 Å². The first-order valence-corrected chi connectivity index (χ1v) is 6.84. The Morgan fingerprint density at radius 1 is 1.21 bits per heavy atom. The van der Waals surface area contributed by atoms with Gasteiger partial charge >= 0.3 is 0 Å². The molecule has 1 aromatic carbocycles. The van der Waals surface area contributed by atoms with Gasteiger partial charge in [-0.25, -0.2) is 0 Å². The fraction of sp³-hybridized carbons (Fsp3) is 0.533. The molecule has 4 N–H and O–H groups in total. The van der Waals surface area contributed by atoms with Crippen molar-refractivity contribution in [3.63, 3.8) is 0 Å². The van der Waals surface area contributed by atoms with Crippen LogP contribution in [0.4, 0.5) is 5.69 Å². The molecule has 0 unspecified atom stereocenters. The maximum absolute atomic E-state index is 12.2. The van der Waals surface area contributed by atoms with Crippen LogP contribution >= 0.6 is 0 Å². The number of anilines is 1. The molecule has 1 aromatic rings. The Morgan fingerprint density at radius 3 is 2.47 bits per heavy atom.